The van der Waals surface area contributed by atoms with Crippen molar-refractivity contribution in [2.75, 3.05) is 0 Å². The van der Waals surface area contributed by atoms with E-state index in [4.69, 9.17) is 0 Å². The predicted molar refractivity (Wildman–Crippen MR) is 78.4 cm³/mol. The van der Waals surface area contributed by atoms with Crippen molar-refractivity contribution < 1.29 is 4.79 Å². The highest BCUT2D eigenvalue weighted by atomic mass is 79.9. The summed E-state index contributed by atoms with van der Waals surface area (Å²) in [7, 11) is 0. The molecule has 0 saturated heterocycles. The van der Waals surface area contributed by atoms with Crippen LogP contribution in [0.2, 0.25) is 0 Å². The normalized spacial score (nSPS) is 15.0. The molecule has 0 radical (unpaired) electrons. The molecule has 1 aliphatic carbocycles. The van der Waals surface area contributed by atoms with Gasteiger partial charge in [0, 0.05) is 16.2 Å². The molecule has 1 fully saturated rings. The molecule has 0 unspecified atom stereocenters. The first-order valence-corrected chi connectivity index (χ1v) is 7.29. The highest BCUT2D eigenvalue weighted by Crippen LogP contribution is 2.36. The zero-order chi connectivity index (χ0) is 13.2. The van der Waals surface area contributed by atoms with Gasteiger partial charge in [-0.1, -0.05) is 24.6 Å². The monoisotopic (exact) mass is 315 g/mol. The number of hydrogen-bond donors (Lipinski definition) is 0. The van der Waals surface area contributed by atoms with E-state index in [0.717, 1.165) is 10.0 Å². The molecule has 1 aliphatic rings. The number of carbonyl (C=O) groups excluding carboxylic acids is 1. The maximum absolute atomic E-state index is 12.4. The molecule has 3 rings (SSSR count). The summed E-state index contributed by atoms with van der Waals surface area (Å²) >= 11 is 3.32. The quantitative estimate of drug-likeness (QED) is 0.788. The molecular weight excluding hydrogens is 302 g/mol. The Balaban J connectivity index is 1.88. The Morgan fingerprint density at radius 2 is 2.05 bits per heavy atom. The van der Waals surface area contributed by atoms with Crippen LogP contribution in [0.25, 0.3) is 0 Å². The van der Waals surface area contributed by atoms with Gasteiger partial charge >= 0.3 is 0 Å². The molecule has 1 aromatic heterocycles. The summed E-state index contributed by atoms with van der Waals surface area (Å²) in [6, 6.07) is 11.6. The fourth-order valence-electron chi connectivity index (χ4n) is 2.33. The Kier molecular flexibility index (Phi) is 3.47. The van der Waals surface area contributed by atoms with E-state index in [2.05, 4.69) is 27.0 Å². The summed E-state index contributed by atoms with van der Waals surface area (Å²) in [5.74, 6) is 0.638. The smallest absolute Gasteiger partial charge is 0.211 e. The third kappa shape index (κ3) is 2.61. The maximum atomic E-state index is 12.4. The van der Waals surface area contributed by atoms with Crippen LogP contribution in [0.1, 0.15) is 46.8 Å². The minimum atomic E-state index is -0.00586. The lowest BCUT2D eigenvalue weighted by atomic mass is 9.79. The van der Waals surface area contributed by atoms with Crippen molar-refractivity contribution in [3.8, 4) is 0 Å². The van der Waals surface area contributed by atoms with Gasteiger partial charge in [-0.05, 0) is 58.5 Å². The van der Waals surface area contributed by atoms with Crippen LogP contribution in [-0.2, 0) is 0 Å². The van der Waals surface area contributed by atoms with Gasteiger partial charge in [-0.15, -0.1) is 0 Å². The van der Waals surface area contributed by atoms with Gasteiger partial charge < -0.3 is 0 Å². The molecule has 0 amide bonds. The number of hydrogen-bond acceptors (Lipinski definition) is 2. The molecule has 2 nitrogen and oxygen atoms in total. The molecule has 96 valence electrons. The minimum absolute atomic E-state index is 0.00586. The summed E-state index contributed by atoms with van der Waals surface area (Å²) in [5.41, 5.74) is 2.52. The summed E-state index contributed by atoms with van der Waals surface area (Å²) in [5, 5.41) is 0. The standard InChI is InChI=1S/C16H14BrNO/c17-14-7-8-15(18-10-14)16(19)13-6-2-5-12(9-13)11-3-1-4-11/h2,5-11H,1,3-4H2. The van der Waals surface area contributed by atoms with Gasteiger partial charge in [0.1, 0.15) is 5.69 Å². The zero-order valence-corrected chi connectivity index (χ0v) is 12.1. The van der Waals surface area contributed by atoms with Crippen molar-refractivity contribution in [2.24, 2.45) is 0 Å². The second kappa shape index (κ2) is 5.25. The second-order valence-electron chi connectivity index (χ2n) is 4.94. The van der Waals surface area contributed by atoms with Crippen LogP contribution in [0, 0.1) is 0 Å². The number of benzene rings is 1. The van der Waals surface area contributed by atoms with Crippen LogP contribution in [0.15, 0.2) is 47.1 Å². The van der Waals surface area contributed by atoms with Gasteiger partial charge in [0.2, 0.25) is 5.78 Å². The molecule has 3 heteroatoms. The van der Waals surface area contributed by atoms with Crippen LogP contribution in [0.5, 0.6) is 0 Å². The number of carbonyl (C=O) groups is 1. The molecule has 0 atom stereocenters. The van der Waals surface area contributed by atoms with Crippen molar-refractivity contribution in [1.29, 1.82) is 0 Å². The number of rotatable bonds is 3. The summed E-state index contributed by atoms with van der Waals surface area (Å²) in [6.45, 7) is 0. The number of halogens is 1. The Labute approximate surface area is 121 Å². The van der Waals surface area contributed by atoms with Gasteiger partial charge in [0.25, 0.3) is 0 Å². The fourth-order valence-corrected chi connectivity index (χ4v) is 2.57. The van der Waals surface area contributed by atoms with Crippen molar-refractivity contribution >= 4 is 21.7 Å². The van der Waals surface area contributed by atoms with Gasteiger partial charge in [0.15, 0.2) is 0 Å². The molecule has 1 aromatic carbocycles. The van der Waals surface area contributed by atoms with Gasteiger partial charge in [-0.2, -0.15) is 0 Å². The number of ketones is 1. The lowest BCUT2D eigenvalue weighted by molar-refractivity contribution is 0.103. The van der Waals surface area contributed by atoms with Gasteiger partial charge in [-0.25, -0.2) is 0 Å². The van der Waals surface area contributed by atoms with Crippen LogP contribution in [0.4, 0.5) is 0 Å². The van der Waals surface area contributed by atoms with Gasteiger partial charge in [0.05, 0.1) is 0 Å². The third-order valence-electron chi connectivity index (χ3n) is 3.69. The lowest BCUT2D eigenvalue weighted by Crippen LogP contribution is -2.10. The molecule has 19 heavy (non-hydrogen) atoms. The first kappa shape index (κ1) is 12.5. The molecule has 1 saturated carbocycles. The van der Waals surface area contributed by atoms with Crippen LogP contribution in [-0.4, -0.2) is 10.8 Å². The van der Waals surface area contributed by atoms with Crippen molar-refractivity contribution in [3.63, 3.8) is 0 Å². The van der Waals surface area contributed by atoms with E-state index < -0.39 is 0 Å². The Morgan fingerprint density at radius 3 is 2.68 bits per heavy atom. The summed E-state index contributed by atoms with van der Waals surface area (Å²) in [6.07, 6.45) is 5.45. The lowest BCUT2D eigenvalue weighted by Gasteiger charge is -2.26. The third-order valence-corrected chi connectivity index (χ3v) is 4.15. The minimum Gasteiger partial charge on any atom is -0.287 e. The molecule has 1 heterocycles. The second-order valence-corrected chi connectivity index (χ2v) is 5.86. The predicted octanol–water partition coefficient (Wildman–Crippen LogP) is 4.34. The molecule has 0 N–H and O–H groups in total. The van der Waals surface area contributed by atoms with Crippen molar-refractivity contribution in [1.82, 2.24) is 4.98 Å². The van der Waals surface area contributed by atoms with Crippen LogP contribution >= 0.6 is 15.9 Å². The first-order valence-electron chi connectivity index (χ1n) is 6.50. The van der Waals surface area contributed by atoms with E-state index in [-0.39, 0.29) is 5.78 Å². The zero-order valence-electron chi connectivity index (χ0n) is 10.5. The Hall–Kier alpha value is -1.48. The maximum Gasteiger partial charge on any atom is 0.211 e. The van der Waals surface area contributed by atoms with E-state index in [0.29, 0.717) is 11.6 Å². The van der Waals surface area contributed by atoms with Gasteiger partial charge in [-0.3, -0.25) is 9.78 Å². The first-order chi connectivity index (χ1) is 9.24. The molecule has 0 aliphatic heterocycles. The highest BCUT2D eigenvalue weighted by molar-refractivity contribution is 9.10. The van der Waals surface area contributed by atoms with E-state index in [1.165, 1.54) is 24.8 Å². The van der Waals surface area contributed by atoms with Crippen LogP contribution in [0.3, 0.4) is 0 Å². The summed E-state index contributed by atoms with van der Waals surface area (Å²) < 4.78 is 0.882. The fraction of sp³-hybridized carbons (Fsp3) is 0.250. The van der Waals surface area contributed by atoms with Crippen molar-refractivity contribution in [3.05, 3.63) is 63.9 Å². The average Bonchev–Trinajstić information content (AvgIpc) is 2.37. The topological polar surface area (TPSA) is 30.0 Å². The number of nitrogens with zero attached hydrogens (tertiary/aromatic N) is 1. The SMILES string of the molecule is O=C(c1cccc(C2CCC2)c1)c1ccc(Br)cn1. The van der Waals surface area contributed by atoms with Crippen molar-refractivity contribution in [2.45, 2.75) is 25.2 Å². The van der Waals surface area contributed by atoms with Crippen LogP contribution < -0.4 is 0 Å². The number of pyridine rings is 1. The average molecular weight is 316 g/mol. The number of aromatic nitrogens is 1. The molecule has 0 spiro atoms. The largest absolute Gasteiger partial charge is 0.287 e. The Morgan fingerprint density at radius 1 is 1.21 bits per heavy atom. The Bertz CT molecular complexity index is 602. The van der Waals surface area contributed by atoms with E-state index in [1.807, 2.05) is 24.3 Å². The van der Waals surface area contributed by atoms with E-state index >= 15 is 0 Å². The summed E-state index contributed by atoms with van der Waals surface area (Å²) in [4.78, 5) is 16.5. The molecular formula is C16H14BrNO. The molecule has 2 aromatic rings. The highest BCUT2D eigenvalue weighted by Gasteiger charge is 2.20. The van der Waals surface area contributed by atoms with E-state index in [9.17, 15) is 4.79 Å². The van der Waals surface area contributed by atoms with E-state index in [1.54, 1.807) is 12.3 Å². The molecule has 0 bridgehead atoms.